The average Bonchev–Trinajstić information content (AvgIpc) is 2.83. The van der Waals surface area contributed by atoms with Crippen LogP contribution in [0.3, 0.4) is 0 Å². The smallest absolute Gasteiger partial charge is 0.272 e. The van der Waals surface area contributed by atoms with E-state index in [9.17, 15) is 4.79 Å². The second-order valence-corrected chi connectivity index (χ2v) is 4.21. The molecule has 19 heavy (non-hydrogen) atoms. The summed E-state index contributed by atoms with van der Waals surface area (Å²) in [4.78, 5) is 17.7. The summed E-state index contributed by atoms with van der Waals surface area (Å²) in [5.41, 5.74) is 1.72. The van der Waals surface area contributed by atoms with Crippen molar-refractivity contribution in [1.29, 1.82) is 5.26 Å². The first-order chi connectivity index (χ1) is 9.11. The summed E-state index contributed by atoms with van der Waals surface area (Å²) in [5.74, 6) is 0.609. The predicted octanol–water partition coefficient (Wildman–Crippen LogP) is 2.13. The zero-order valence-corrected chi connectivity index (χ0v) is 10.8. The zero-order valence-electron chi connectivity index (χ0n) is 10.8. The molecular formula is C14H13N3O2. The van der Waals surface area contributed by atoms with Gasteiger partial charge in [0.2, 0.25) is 0 Å². The van der Waals surface area contributed by atoms with Gasteiger partial charge in [0.1, 0.15) is 17.5 Å². The summed E-state index contributed by atoms with van der Waals surface area (Å²) in [6.07, 6.45) is 2.99. The largest absolute Gasteiger partial charge is 0.469 e. The van der Waals surface area contributed by atoms with E-state index in [0.717, 1.165) is 11.3 Å². The third-order valence-corrected chi connectivity index (χ3v) is 2.83. The minimum absolute atomic E-state index is 0.190. The van der Waals surface area contributed by atoms with Crippen LogP contribution in [0, 0.1) is 18.3 Å². The molecule has 0 spiro atoms. The van der Waals surface area contributed by atoms with Crippen molar-refractivity contribution in [1.82, 2.24) is 9.88 Å². The Balaban J connectivity index is 2.10. The van der Waals surface area contributed by atoms with E-state index in [0.29, 0.717) is 17.8 Å². The van der Waals surface area contributed by atoms with Crippen molar-refractivity contribution < 1.29 is 9.21 Å². The van der Waals surface area contributed by atoms with E-state index in [2.05, 4.69) is 4.98 Å². The maximum Gasteiger partial charge on any atom is 0.272 e. The van der Waals surface area contributed by atoms with E-state index < -0.39 is 0 Å². The van der Waals surface area contributed by atoms with Crippen LogP contribution in [0.15, 0.2) is 35.1 Å². The molecule has 0 aliphatic rings. The van der Waals surface area contributed by atoms with Gasteiger partial charge in [0.25, 0.3) is 5.91 Å². The molecule has 96 valence electrons. The molecule has 1 amide bonds. The van der Waals surface area contributed by atoms with E-state index in [-0.39, 0.29) is 5.91 Å². The Kier molecular flexibility index (Phi) is 3.62. The van der Waals surface area contributed by atoms with Gasteiger partial charge in [-0.1, -0.05) is 0 Å². The van der Waals surface area contributed by atoms with Crippen molar-refractivity contribution in [2.24, 2.45) is 0 Å². The average molecular weight is 255 g/mol. The highest BCUT2D eigenvalue weighted by Crippen LogP contribution is 2.12. The number of nitriles is 1. The molecule has 2 aromatic rings. The van der Waals surface area contributed by atoms with E-state index in [1.165, 1.54) is 6.20 Å². The summed E-state index contributed by atoms with van der Waals surface area (Å²) >= 11 is 0. The van der Waals surface area contributed by atoms with Gasteiger partial charge < -0.3 is 9.32 Å². The van der Waals surface area contributed by atoms with Gasteiger partial charge in [-0.2, -0.15) is 5.26 Å². The van der Waals surface area contributed by atoms with Crippen LogP contribution in [0.25, 0.3) is 0 Å². The molecule has 0 fully saturated rings. The lowest BCUT2D eigenvalue weighted by atomic mass is 10.2. The Morgan fingerprint density at radius 2 is 2.26 bits per heavy atom. The number of pyridine rings is 1. The molecule has 2 heterocycles. The molecule has 5 heteroatoms. The lowest BCUT2D eigenvalue weighted by Gasteiger charge is -2.16. The van der Waals surface area contributed by atoms with Crippen molar-refractivity contribution in [3.63, 3.8) is 0 Å². The maximum absolute atomic E-state index is 12.1. The highest BCUT2D eigenvalue weighted by Gasteiger charge is 2.15. The second-order valence-electron chi connectivity index (χ2n) is 4.21. The maximum atomic E-state index is 12.1. The number of hydrogen-bond donors (Lipinski definition) is 0. The van der Waals surface area contributed by atoms with Crippen LogP contribution in [0.4, 0.5) is 0 Å². The number of furan rings is 1. The van der Waals surface area contributed by atoms with Gasteiger partial charge in [0.05, 0.1) is 11.8 Å². The van der Waals surface area contributed by atoms with Crippen LogP contribution in [0.1, 0.15) is 27.4 Å². The van der Waals surface area contributed by atoms with Gasteiger partial charge in [-0.3, -0.25) is 4.79 Å². The SMILES string of the molecule is Cc1occc1CN(C)C(=O)c1ccc(C#N)cn1. The lowest BCUT2D eigenvalue weighted by molar-refractivity contribution is 0.0779. The van der Waals surface area contributed by atoms with Gasteiger partial charge in [-0.25, -0.2) is 4.98 Å². The number of carbonyl (C=O) groups excluding carboxylic acids is 1. The van der Waals surface area contributed by atoms with E-state index >= 15 is 0 Å². The van der Waals surface area contributed by atoms with Crippen molar-refractivity contribution in [3.05, 3.63) is 53.2 Å². The number of rotatable bonds is 3. The number of hydrogen-bond acceptors (Lipinski definition) is 4. The van der Waals surface area contributed by atoms with Gasteiger partial charge >= 0.3 is 0 Å². The fraction of sp³-hybridized carbons (Fsp3) is 0.214. The normalized spacial score (nSPS) is 9.95. The van der Waals surface area contributed by atoms with E-state index in [1.54, 1.807) is 30.3 Å². The molecule has 0 aromatic carbocycles. The van der Waals surface area contributed by atoms with Gasteiger partial charge in [0.15, 0.2) is 0 Å². The van der Waals surface area contributed by atoms with Gasteiger partial charge in [-0.05, 0) is 25.1 Å². The first-order valence-corrected chi connectivity index (χ1v) is 5.76. The van der Waals surface area contributed by atoms with Crippen LogP contribution < -0.4 is 0 Å². The van der Waals surface area contributed by atoms with Crippen molar-refractivity contribution in [2.45, 2.75) is 13.5 Å². The number of amides is 1. The standard InChI is InChI=1S/C14H13N3O2/c1-10-12(5-6-19-10)9-17(2)14(18)13-4-3-11(7-15)8-16-13/h3-6,8H,9H2,1-2H3. The molecule has 0 saturated heterocycles. The van der Waals surface area contributed by atoms with E-state index in [1.807, 2.05) is 19.1 Å². The molecule has 2 aromatic heterocycles. The third kappa shape index (κ3) is 2.80. The van der Waals surface area contributed by atoms with Gasteiger partial charge in [0, 0.05) is 25.4 Å². The Labute approximate surface area is 111 Å². The highest BCUT2D eigenvalue weighted by atomic mass is 16.3. The monoisotopic (exact) mass is 255 g/mol. The molecule has 0 N–H and O–H groups in total. The van der Waals surface area contributed by atoms with Crippen LogP contribution >= 0.6 is 0 Å². The predicted molar refractivity (Wildman–Crippen MR) is 68.2 cm³/mol. The summed E-state index contributed by atoms with van der Waals surface area (Å²) in [6, 6.07) is 6.94. The van der Waals surface area contributed by atoms with Crippen LogP contribution in [0.5, 0.6) is 0 Å². The Morgan fingerprint density at radius 3 is 2.79 bits per heavy atom. The number of nitrogens with zero attached hydrogens (tertiary/aromatic N) is 3. The third-order valence-electron chi connectivity index (χ3n) is 2.83. The fourth-order valence-corrected chi connectivity index (χ4v) is 1.68. The first-order valence-electron chi connectivity index (χ1n) is 5.76. The minimum atomic E-state index is -0.190. The summed E-state index contributed by atoms with van der Waals surface area (Å²) in [7, 11) is 1.70. The van der Waals surface area contributed by atoms with Crippen molar-refractivity contribution in [2.75, 3.05) is 7.05 Å². The van der Waals surface area contributed by atoms with Crippen LogP contribution in [0.2, 0.25) is 0 Å². The summed E-state index contributed by atoms with van der Waals surface area (Å²) in [6.45, 7) is 2.32. The second kappa shape index (κ2) is 5.36. The summed E-state index contributed by atoms with van der Waals surface area (Å²) in [5, 5.41) is 8.68. The highest BCUT2D eigenvalue weighted by molar-refractivity contribution is 5.92. The topological polar surface area (TPSA) is 70.1 Å². The molecule has 0 aliphatic heterocycles. The number of aromatic nitrogens is 1. The van der Waals surface area contributed by atoms with Crippen molar-refractivity contribution >= 4 is 5.91 Å². The molecule has 0 bridgehead atoms. The van der Waals surface area contributed by atoms with Crippen LogP contribution in [-0.4, -0.2) is 22.8 Å². The molecule has 0 unspecified atom stereocenters. The first kappa shape index (κ1) is 12.8. The Hall–Kier alpha value is -2.61. The van der Waals surface area contributed by atoms with E-state index in [4.69, 9.17) is 9.68 Å². The zero-order chi connectivity index (χ0) is 13.8. The number of aryl methyl sites for hydroxylation is 1. The Bertz CT molecular complexity index is 623. The Morgan fingerprint density at radius 1 is 1.47 bits per heavy atom. The fourth-order valence-electron chi connectivity index (χ4n) is 1.68. The molecule has 0 aliphatic carbocycles. The molecule has 0 atom stereocenters. The molecule has 5 nitrogen and oxygen atoms in total. The van der Waals surface area contributed by atoms with Crippen molar-refractivity contribution in [3.8, 4) is 6.07 Å². The lowest BCUT2D eigenvalue weighted by Crippen LogP contribution is -2.27. The molecule has 0 radical (unpaired) electrons. The quantitative estimate of drug-likeness (QED) is 0.842. The van der Waals surface area contributed by atoms with Gasteiger partial charge in [-0.15, -0.1) is 0 Å². The summed E-state index contributed by atoms with van der Waals surface area (Å²) < 4.78 is 5.19. The van der Waals surface area contributed by atoms with Crippen LogP contribution in [-0.2, 0) is 6.54 Å². The number of carbonyl (C=O) groups is 1. The molecule has 2 rings (SSSR count). The minimum Gasteiger partial charge on any atom is -0.469 e. The molecule has 0 saturated carbocycles. The molecular weight excluding hydrogens is 242 g/mol.